The van der Waals surface area contributed by atoms with Gasteiger partial charge in [-0.1, -0.05) is 5.92 Å². The molecule has 0 spiro atoms. The van der Waals surface area contributed by atoms with Crippen LogP contribution in [-0.4, -0.2) is 16.8 Å². The molecule has 0 amide bonds. The fourth-order valence-corrected chi connectivity index (χ4v) is 1.62. The van der Waals surface area contributed by atoms with Gasteiger partial charge in [-0.25, -0.2) is 0 Å². The third-order valence-corrected chi connectivity index (χ3v) is 2.41. The highest BCUT2D eigenvalue weighted by Crippen LogP contribution is 2.22. The van der Waals surface area contributed by atoms with Gasteiger partial charge in [-0.05, 0) is 18.2 Å². The largest absolute Gasteiger partial charge is 0.481 e. The van der Waals surface area contributed by atoms with E-state index in [1.54, 1.807) is 6.20 Å². The van der Waals surface area contributed by atoms with Crippen molar-refractivity contribution in [2.24, 2.45) is 0 Å². The monoisotopic (exact) mass is 232 g/mol. The lowest BCUT2D eigenvalue weighted by atomic mass is 10.1. The molecule has 1 heterocycles. The highest BCUT2D eigenvalue weighted by molar-refractivity contribution is 6.17. The Morgan fingerprint density at radius 3 is 3.06 bits per heavy atom. The molecule has 0 saturated heterocycles. The summed E-state index contributed by atoms with van der Waals surface area (Å²) < 4.78 is 5.34. The molecule has 0 bridgehead atoms. The first-order chi connectivity index (χ1) is 7.85. The molecule has 16 heavy (non-hydrogen) atoms. The van der Waals surface area contributed by atoms with Crippen molar-refractivity contribution in [2.45, 2.75) is 5.88 Å². The van der Waals surface area contributed by atoms with Crippen LogP contribution in [0.5, 0.6) is 5.75 Å². The maximum absolute atomic E-state index is 5.79. The molecule has 2 rings (SSSR count). The van der Waals surface area contributed by atoms with Crippen molar-refractivity contribution >= 4 is 22.4 Å². The molecule has 4 heteroatoms. The maximum atomic E-state index is 5.79. The summed E-state index contributed by atoms with van der Waals surface area (Å²) in [6.07, 6.45) is 6.82. The first-order valence-electron chi connectivity index (χ1n) is 4.71. The first kappa shape index (κ1) is 10.7. The number of aromatic nitrogens is 2. The van der Waals surface area contributed by atoms with E-state index in [-0.39, 0.29) is 6.61 Å². The van der Waals surface area contributed by atoms with Crippen molar-refractivity contribution in [2.75, 3.05) is 6.61 Å². The van der Waals surface area contributed by atoms with Crippen molar-refractivity contribution in [3.63, 3.8) is 0 Å². The number of benzene rings is 1. The van der Waals surface area contributed by atoms with Crippen molar-refractivity contribution in [1.82, 2.24) is 10.2 Å². The quantitative estimate of drug-likeness (QED) is 0.602. The molecule has 0 atom stereocenters. The number of rotatable bonds is 3. The van der Waals surface area contributed by atoms with Crippen molar-refractivity contribution in [1.29, 1.82) is 0 Å². The van der Waals surface area contributed by atoms with Crippen LogP contribution in [0.4, 0.5) is 0 Å². The summed E-state index contributed by atoms with van der Waals surface area (Å²) in [5.74, 6) is 3.45. The lowest BCUT2D eigenvalue weighted by Gasteiger charge is -2.05. The van der Waals surface area contributed by atoms with Gasteiger partial charge in [-0.2, -0.15) is 10.2 Å². The van der Waals surface area contributed by atoms with Gasteiger partial charge >= 0.3 is 0 Å². The molecule has 0 N–H and O–H groups in total. The third kappa shape index (κ3) is 2.07. The van der Waals surface area contributed by atoms with E-state index in [0.29, 0.717) is 11.6 Å². The van der Waals surface area contributed by atoms with E-state index in [9.17, 15) is 0 Å². The minimum absolute atomic E-state index is 0.250. The molecule has 0 radical (unpaired) electrons. The van der Waals surface area contributed by atoms with Crippen molar-refractivity contribution in [3.05, 3.63) is 30.1 Å². The van der Waals surface area contributed by atoms with Crippen LogP contribution >= 0.6 is 11.6 Å². The SMILES string of the molecule is C#CCOc1ccc2cnnc(CCl)c2c1. The van der Waals surface area contributed by atoms with Gasteiger partial charge < -0.3 is 4.74 Å². The van der Waals surface area contributed by atoms with E-state index in [4.69, 9.17) is 22.8 Å². The molecule has 0 saturated carbocycles. The van der Waals surface area contributed by atoms with Crippen LogP contribution in [0.3, 0.4) is 0 Å². The van der Waals surface area contributed by atoms with Crippen LogP contribution in [0.1, 0.15) is 5.69 Å². The van der Waals surface area contributed by atoms with E-state index in [2.05, 4.69) is 16.1 Å². The highest BCUT2D eigenvalue weighted by atomic mass is 35.5. The van der Waals surface area contributed by atoms with Crippen LogP contribution < -0.4 is 4.74 Å². The van der Waals surface area contributed by atoms with Crippen LogP contribution in [0.2, 0.25) is 0 Å². The average Bonchev–Trinajstić information content (AvgIpc) is 2.35. The molecule has 0 aliphatic rings. The number of terminal acetylenes is 1. The smallest absolute Gasteiger partial charge is 0.148 e. The molecule has 2 aromatic rings. The molecule has 0 aliphatic heterocycles. The Balaban J connectivity index is 2.47. The van der Waals surface area contributed by atoms with Gasteiger partial charge in [0, 0.05) is 10.8 Å². The number of hydrogen-bond donors (Lipinski definition) is 0. The minimum atomic E-state index is 0.250. The highest BCUT2D eigenvalue weighted by Gasteiger charge is 2.03. The molecule has 80 valence electrons. The van der Waals surface area contributed by atoms with E-state index in [0.717, 1.165) is 16.5 Å². The molecule has 0 unspecified atom stereocenters. The number of hydrogen-bond acceptors (Lipinski definition) is 3. The number of ether oxygens (including phenoxy) is 1. The van der Waals surface area contributed by atoms with Crippen LogP contribution in [-0.2, 0) is 5.88 Å². The summed E-state index contributed by atoms with van der Waals surface area (Å²) >= 11 is 5.79. The Bertz CT molecular complexity index is 548. The molecule has 0 aliphatic carbocycles. The topological polar surface area (TPSA) is 35.0 Å². The second-order valence-corrected chi connectivity index (χ2v) is 3.43. The van der Waals surface area contributed by atoms with Gasteiger partial charge in [0.1, 0.15) is 12.4 Å². The summed E-state index contributed by atoms with van der Waals surface area (Å²) in [6.45, 7) is 0.250. The van der Waals surface area contributed by atoms with E-state index < -0.39 is 0 Å². The van der Waals surface area contributed by atoms with E-state index >= 15 is 0 Å². The zero-order chi connectivity index (χ0) is 11.4. The number of alkyl halides is 1. The van der Waals surface area contributed by atoms with Crippen molar-refractivity contribution in [3.8, 4) is 18.1 Å². The normalized spacial score (nSPS) is 10.0. The summed E-state index contributed by atoms with van der Waals surface area (Å²) in [5, 5.41) is 9.77. The van der Waals surface area contributed by atoms with E-state index in [1.165, 1.54) is 0 Å². The number of fused-ring (bicyclic) bond motifs is 1. The summed E-state index contributed by atoms with van der Waals surface area (Å²) in [4.78, 5) is 0. The summed E-state index contributed by atoms with van der Waals surface area (Å²) in [6, 6.07) is 5.63. The average molecular weight is 233 g/mol. The lowest BCUT2D eigenvalue weighted by molar-refractivity contribution is 0.371. The second-order valence-electron chi connectivity index (χ2n) is 3.17. The number of nitrogens with zero attached hydrogens (tertiary/aromatic N) is 2. The van der Waals surface area contributed by atoms with Crippen molar-refractivity contribution < 1.29 is 4.74 Å². The maximum Gasteiger partial charge on any atom is 0.148 e. The van der Waals surface area contributed by atoms with Crippen LogP contribution in [0.15, 0.2) is 24.4 Å². The zero-order valence-electron chi connectivity index (χ0n) is 8.48. The fraction of sp³-hybridized carbons (Fsp3) is 0.167. The van der Waals surface area contributed by atoms with Gasteiger partial charge in [0.15, 0.2) is 0 Å². The molecular formula is C12H9ClN2O. The minimum Gasteiger partial charge on any atom is -0.481 e. The summed E-state index contributed by atoms with van der Waals surface area (Å²) in [5.41, 5.74) is 0.741. The Hall–Kier alpha value is -1.79. The third-order valence-electron chi connectivity index (χ3n) is 2.16. The second kappa shape index (κ2) is 4.82. The fourth-order valence-electron chi connectivity index (χ4n) is 1.43. The van der Waals surface area contributed by atoms with Gasteiger partial charge in [0.2, 0.25) is 0 Å². The molecular weight excluding hydrogens is 224 g/mol. The molecule has 1 aromatic heterocycles. The van der Waals surface area contributed by atoms with Crippen LogP contribution in [0, 0.1) is 12.3 Å². The molecule has 1 aromatic carbocycles. The van der Waals surface area contributed by atoms with Gasteiger partial charge in [0.25, 0.3) is 0 Å². The number of halogens is 1. The molecule has 0 fully saturated rings. The van der Waals surface area contributed by atoms with Gasteiger partial charge in [0.05, 0.1) is 17.8 Å². The Labute approximate surface area is 98.4 Å². The Kier molecular flexibility index (Phi) is 3.23. The Morgan fingerprint density at radius 2 is 2.31 bits per heavy atom. The zero-order valence-corrected chi connectivity index (χ0v) is 9.24. The predicted molar refractivity (Wildman–Crippen MR) is 63.4 cm³/mol. The van der Waals surface area contributed by atoms with E-state index in [1.807, 2.05) is 18.2 Å². The standard InChI is InChI=1S/C12H9ClN2O/c1-2-5-16-10-4-3-9-8-14-15-12(7-13)11(9)6-10/h1,3-4,6,8H,5,7H2. The van der Waals surface area contributed by atoms with Gasteiger partial charge in [-0.3, -0.25) is 0 Å². The summed E-state index contributed by atoms with van der Waals surface area (Å²) in [7, 11) is 0. The van der Waals surface area contributed by atoms with Gasteiger partial charge in [-0.15, -0.1) is 18.0 Å². The molecule has 3 nitrogen and oxygen atoms in total. The van der Waals surface area contributed by atoms with Crippen LogP contribution in [0.25, 0.3) is 10.8 Å². The predicted octanol–water partition coefficient (Wildman–Crippen LogP) is 2.38. The Morgan fingerprint density at radius 1 is 1.44 bits per heavy atom. The first-order valence-corrected chi connectivity index (χ1v) is 5.25. The lowest BCUT2D eigenvalue weighted by Crippen LogP contribution is -1.95.